The highest BCUT2D eigenvalue weighted by atomic mass is 16.3. The van der Waals surface area contributed by atoms with Gasteiger partial charge in [0, 0.05) is 24.7 Å². The van der Waals surface area contributed by atoms with Crippen LogP contribution in [0.3, 0.4) is 0 Å². The third-order valence-corrected chi connectivity index (χ3v) is 3.27. The molecule has 1 aliphatic rings. The number of H-pyrrole nitrogens is 1. The van der Waals surface area contributed by atoms with Crippen LogP contribution in [0.2, 0.25) is 0 Å². The molecule has 17 heavy (non-hydrogen) atoms. The van der Waals surface area contributed by atoms with E-state index in [1.807, 2.05) is 30.5 Å². The third kappa shape index (κ3) is 1.70. The van der Waals surface area contributed by atoms with E-state index in [9.17, 15) is 9.90 Å². The average molecular weight is 230 g/mol. The molecule has 1 aliphatic heterocycles. The van der Waals surface area contributed by atoms with Crippen molar-refractivity contribution in [3.8, 4) is 0 Å². The van der Waals surface area contributed by atoms with Crippen LogP contribution in [-0.4, -0.2) is 40.1 Å². The van der Waals surface area contributed by atoms with Crippen molar-refractivity contribution in [3.63, 3.8) is 0 Å². The zero-order valence-corrected chi connectivity index (χ0v) is 9.39. The number of amides is 1. The third-order valence-electron chi connectivity index (χ3n) is 3.27. The number of aliphatic hydroxyl groups excluding tert-OH is 1. The molecule has 88 valence electrons. The van der Waals surface area contributed by atoms with Crippen LogP contribution in [0.25, 0.3) is 10.9 Å². The van der Waals surface area contributed by atoms with Crippen LogP contribution < -0.4 is 0 Å². The number of hydrogen-bond donors (Lipinski definition) is 2. The number of benzene rings is 1. The van der Waals surface area contributed by atoms with E-state index < -0.39 is 0 Å². The molecule has 4 nitrogen and oxygen atoms in total. The molecule has 0 saturated carbocycles. The van der Waals surface area contributed by atoms with Gasteiger partial charge < -0.3 is 15.0 Å². The molecule has 0 aliphatic carbocycles. The molecule has 1 saturated heterocycles. The fourth-order valence-corrected chi connectivity index (χ4v) is 2.36. The number of carbonyl (C=O) groups is 1. The maximum absolute atomic E-state index is 12.3. The van der Waals surface area contributed by atoms with E-state index in [4.69, 9.17) is 0 Å². The second-order valence-corrected chi connectivity index (χ2v) is 4.44. The summed E-state index contributed by atoms with van der Waals surface area (Å²) in [5, 5.41) is 10.5. The first-order valence-corrected chi connectivity index (χ1v) is 5.79. The number of carbonyl (C=O) groups excluding carboxylic acids is 1. The highest BCUT2D eigenvalue weighted by Gasteiger charge is 2.26. The quantitative estimate of drug-likeness (QED) is 0.777. The molecule has 2 heterocycles. The molecule has 3 rings (SSSR count). The fourth-order valence-electron chi connectivity index (χ4n) is 2.36. The number of fused-ring (bicyclic) bond motifs is 1. The van der Waals surface area contributed by atoms with Crippen molar-refractivity contribution in [2.45, 2.75) is 12.5 Å². The Morgan fingerprint density at radius 2 is 2.29 bits per heavy atom. The highest BCUT2D eigenvalue weighted by molar-refractivity contribution is 6.05. The smallest absolute Gasteiger partial charge is 0.256 e. The normalized spacial score (nSPS) is 20.1. The summed E-state index contributed by atoms with van der Waals surface area (Å²) in [4.78, 5) is 17.1. The Labute approximate surface area is 98.9 Å². The highest BCUT2D eigenvalue weighted by Crippen LogP contribution is 2.20. The molecule has 2 N–H and O–H groups in total. The summed E-state index contributed by atoms with van der Waals surface area (Å²) in [7, 11) is 0. The summed E-state index contributed by atoms with van der Waals surface area (Å²) in [6.07, 6.45) is 2.13. The number of β-amino-alcohol motifs (C(OH)–C–C–N with tert-alkyl or cyclic N) is 1. The molecule has 1 atom stereocenters. The van der Waals surface area contributed by atoms with Crippen molar-refractivity contribution in [2.24, 2.45) is 0 Å². The first-order chi connectivity index (χ1) is 8.25. The lowest BCUT2D eigenvalue weighted by Gasteiger charge is -2.15. The average Bonchev–Trinajstić information content (AvgIpc) is 2.95. The van der Waals surface area contributed by atoms with Gasteiger partial charge in [-0.1, -0.05) is 12.1 Å². The largest absolute Gasteiger partial charge is 0.391 e. The van der Waals surface area contributed by atoms with Gasteiger partial charge in [0.2, 0.25) is 0 Å². The van der Waals surface area contributed by atoms with Gasteiger partial charge in [-0.15, -0.1) is 0 Å². The molecule has 1 aromatic carbocycles. The summed E-state index contributed by atoms with van der Waals surface area (Å²) in [5.41, 5.74) is 1.56. The van der Waals surface area contributed by atoms with Gasteiger partial charge >= 0.3 is 0 Å². The molecule has 0 unspecified atom stereocenters. The van der Waals surface area contributed by atoms with Gasteiger partial charge in [-0.3, -0.25) is 4.79 Å². The first-order valence-electron chi connectivity index (χ1n) is 5.79. The number of aromatic amines is 1. The van der Waals surface area contributed by atoms with E-state index in [1.165, 1.54) is 0 Å². The Kier molecular flexibility index (Phi) is 2.37. The molecule has 2 aromatic rings. The number of nitrogens with zero attached hydrogens (tertiary/aromatic N) is 1. The van der Waals surface area contributed by atoms with Crippen LogP contribution in [0.15, 0.2) is 30.5 Å². The number of para-hydroxylation sites is 1. The second kappa shape index (κ2) is 3.89. The zero-order chi connectivity index (χ0) is 11.8. The molecule has 0 bridgehead atoms. The van der Waals surface area contributed by atoms with Crippen LogP contribution >= 0.6 is 0 Å². The predicted molar refractivity (Wildman–Crippen MR) is 64.8 cm³/mol. The van der Waals surface area contributed by atoms with E-state index in [0.717, 1.165) is 10.9 Å². The standard InChI is InChI=1S/C13H14N2O2/c16-10-5-7-15(8-10)13(17)11-3-1-2-9-4-6-14-12(9)11/h1-4,6,10,14,16H,5,7-8H2/t10-/m1/s1. The summed E-state index contributed by atoms with van der Waals surface area (Å²) >= 11 is 0. The van der Waals surface area contributed by atoms with E-state index in [1.54, 1.807) is 4.90 Å². The summed E-state index contributed by atoms with van der Waals surface area (Å²) in [5.74, 6) is -0.00500. The number of likely N-dealkylation sites (tertiary alicyclic amines) is 1. The molecule has 0 radical (unpaired) electrons. The van der Waals surface area contributed by atoms with Gasteiger partial charge in [-0.25, -0.2) is 0 Å². The van der Waals surface area contributed by atoms with Gasteiger partial charge in [-0.05, 0) is 18.6 Å². The minimum absolute atomic E-state index is 0.00500. The van der Waals surface area contributed by atoms with Crippen LogP contribution in [-0.2, 0) is 0 Å². The Hall–Kier alpha value is -1.81. The van der Waals surface area contributed by atoms with E-state index >= 15 is 0 Å². The van der Waals surface area contributed by atoms with E-state index in [-0.39, 0.29) is 12.0 Å². The fraction of sp³-hybridized carbons (Fsp3) is 0.308. The Morgan fingerprint density at radius 1 is 1.41 bits per heavy atom. The maximum Gasteiger partial charge on any atom is 0.256 e. The van der Waals surface area contributed by atoms with Gasteiger partial charge in [0.15, 0.2) is 0 Å². The lowest BCUT2D eigenvalue weighted by atomic mass is 10.1. The maximum atomic E-state index is 12.3. The Morgan fingerprint density at radius 3 is 3.06 bits per heavy atom. The molecule has 1 fully saturated rings. The monoisotopic (exact) mass is 230 g/mol. The number of rotatable bonds is 1. The summed E-state index contributed by atoms with van der Waals surface area (Å²) in [6.45, 7) is 1.08. The molecular weight excluding hydrogens is 216 g/mol. The van der Waals surface area contributed by atoms with Crippen LogP contribution in [0, 0.1) is 0 Å². The second-order valence-electron chi connectivity index (χ2n) is 4.44. The predicted octanol–water partition coefficient (Wildman–Crippen LogP) is 1.37. The van der Waals surface area contributed by atoms with Crippen molar-refractivity contribution in [2.75, 3.05) is 13.1 Å². The lowest BCUT2D eigenvalue weighted by Crippen LogP contribution is -2.29. The molecule has 4 heteroatoms. The topological polar surface area (TPSA) is 56.3 Å². The van der Waals surface area contributed by atoms with Crippen molar-refractivity contribution in [3.05, 3.63) is 36.0 Å². The summed E-state index contributed by atoms with van der Waals surface area (Å²) < 4.78 is 0. The van der Waals surface area contributed by atoms with E-state index in [2.05, 4.69) is 4.98 Å². The summed E-state index contributed by atoms with van der Waals surface area (Å²) in [6, 6.07) is 7.63. The number of hydrogen-bond acceptors (Lipinski definition) is 2. The first kappa shape index (κ1) is 10.4. The molecule has 0 spiro atoms. The molecule has 1 aromatic heterocycles. The number of nitrogens with one attached hydrogen (secondary N) is 1. The van der Waals surface area contributed by atoms with Crippen molar-refractivity contribution >= 4 is 16.8 Å². The lowest BCUT2D eigenvalue weighted by molar-refractivity contribution is 0.0766. The van der Waals surface area contributed by atoms with Gasteiger partial charge in [0.25, 0.3) is 5.91 Å². The zero-order valence-electron chi connectivity index (χ0n) is 9.39. The SMILES string of the molecule is O=C(c1cccc2cc[nH]c12)N1CC[C@@H](O)C1. The van der Waals surface area contributed by atoms with Crippen LogP contribution in [0.1, 0.15) is 16.8 Å². The Balaban J connectivity index is 1.98. The number of aromatic nitrogens is 1. The van der Waals surface area contributed by atoms with Gasteiger partial charge in [0.05, 0.1) is 17.2 Å². The molecule has 1 amide bonds. The van der Waals surface area contributed by atoms with Gasteiger partial charge in [-0.2, -0.15) is 0 Å². The van der Waals surface area contributed by atoms with Gasteiger partial charge in [0.1, 0.15) is 0 Å². The Bertz CT molecular complexity index is 561. The van der Waals surface area contributed by atoms with Crippen molar-refractivity contribution in [1.29, 1.82) is 0 Å². The minimum Gasteiger partial charge on any atom is -0.391 e. The minimum atomic E-state index is -0.373. The van der Waals surface area contributed by atoms with Crippen molar-refractivity contribution < 1.29 is 9.90 Å². The van der Waals surface area contributed by atoms with E-state index in [0.29, 0.717) is 25.1 Å². The number of aliphatic hydroxyl groups is 1. The van der Waals surface area contributed by atoms with Crippen LogP contribution in [0.5, 0.6) is 0 Å². The van der Waals surface area contributed by atoms with Crippen molar-refractivity contribution in [1.82, 2.24) is 9.88 Å². The van der Waals surface area contributed by atoms with Crippen LogP contribution in [0.4, 0.5) is 0 Å². The molecular formula is C13H14N2O2.